The van der Waals surface area contributed by atoms with E-state index >= 15 is 0 Å². The number of carbonyl (C=O) groups is 2. The molecule has 0 saturated heterocycles. The molecule has 0 aromatic carbocycles. The Morgan fingerprint density at radius 2 is 2.12 bits per heavy atom. The van der Waals surface area contributed by atoms with E-state index in [0.29, 0.717) is 12.1 Å². The first-order valence-corrected chi connectivity index (χ1v) is 4.90. The number of allylic oxidation sites excluding steroid dienone is 1. The van der Waals surface area contributed by atoms with Crippen LogP contribution in [0, 0.1) is 11.3 Å². The highest BCUT2D eigenvalue weighted by Gasteiger charge is 2.15. The lowest BCUT2D eigenvalue weighted by Crippen LogP contribution is -2.39. The molecule has 0 bridgehead atoms. The van der Waals surface area contributed by atoms with Crippen molar-refractivity contribution in [1.29, 1.82) is 5.26 Å². The van der Waals surface area contributed by atoms with Gasteiger partial charge in [-0.25, -0.2) is 10.2 Å². The van der Waals surface area contributed by atoms with E-state index in [1.165, 1.54) is 0 Å². The van der Waals surface area contributed by atoms with Crippen LogP contribution in [0.3, 0.4) is 0 Å². The molecule has 0 aromatic rings. The molecular weight excluding hydrogens is 226 g/mol. The van der Waals surface area contributed by atoms with Crippen LogP contribution in [0.15, 0.2) is 11.3 Å². The van der Waals surface area contributed by atoms with Crippen molar-refractivity contribution in [3.05, 3.63) is 11.3 Å². The van der Waals surface area contributed by atoms with Crippen LogP contribution in [0.2, 0.25) is 0 Å². The number of aliphatic hydroxyl groups excluding tert-OH is 1. The number of primary amides is 1. The second-order valence-electron chi connectivity index (χ2n) is 2.91. The first-order valence-electron chi connectivity index (χ1n) is 4.90. The third-order valence-corrected chi connectivity index (χ3v) is 1.71. The highest BCUT2D eigenvalue weighted by Crippen LogP contribution is 2.04. The molecule has 0 aliphatic rings. The van der Waals surface area contributed by atoms with Gasteiger partial charge >= 0.3 is 6.03 Å². The highest BCUT2D eigenvalue weighted by molar-refractivity contribution is 6.06. The molecule has 8 nitrogen and oxygen atoms in total. The summed E-state index contributed by atoms with van der Waals surface area (Å²) in [5.41, 5.74) is 10.1. The van der Waals surface area contributed by atoms with Gasteiger partial charge in [0.15, 0.2) is 0 Å². The molecular formula is C9H15N5O3. The summed E-state index contributed by atoms with van der Waals surface area (Å²) >= 11 is 0. The van der Waals surface area contributed by atoms with Crippen LogP contribution in [0.25, 0.3) is 0 Å². The van der Waals surface area contributed by atoms with Gasteiger partial charge in [0.1, 0.15) is 11.6 Å². The zero-order valence-corrected chi connectivity index (χ0v) is 9.41. The van der Waals surface area contributed by atoms with E-state index in [9.17, 15) is 9.59 Å². The minimum absolute atomic E-state index is 0.0979. The summed E-state index contributed by atoms with van der Waals surface area (Å²) in [7, 11) is 0. The van der Waals surface area contributed by atoms with Gasteiger partial charge in [0.25, 0.3) is 5.91 Å². The zero-order valence-electron chi connectivity index (χ0n) is 9.41. The summed E-state index contributed by atoms with van der Waals surface area (Å²) in [5.74, 6) is -0.866. The predicted molar refractivity (Wildman–Crippen MR) is 58.9 cm³/mol. The second kappa shape index (κ2) is 8.09. The van der Waals surface area contributed by atoms with Crippen molar-refractivity contribution in [2.75, 3.05) is 13.2 Å². The monoisotopic (exact) mass is 241 g/mol. The molecule has 6 N–H and O–H groups in total. The molecule has 94 valence electrons. The molecule has 0 aliphatic heterocycles. The molecule has 0 aromatic heterocycles. The van der Waals surface area contributed by atoms with E-state index in [-0.39, 0.29) is 18.7 Å². The Hall–Kier alpha value is -2.11. The van der Waals surface area contributed by atoms with Crippen LogP contribution < -0.4 is 21.9 Å². The Bertz CT molecular complexity index is 358. The maximum atomic E-state index is 11.4. The molecule has 0 fully saturated rings. The number of hydrazine groups is 1. The molecule has 0 unspecified atom stereocenters. The quantitative estimate of drug-likeness (QED) is 0.165. The zero-order chi connectivity index (χ0) is 13.3. The first-order chi connectivity index (χ1) is 8.06. The molecule has 0 saturated carbocycles. The Kier molecular flexibility index (Phi) is 7.09. The van der Waals surface area contributed by atoms with Crippen molar-refractivity contribution < 1.29 is 14.7 Å². The number of amides is 3. The third kappa shape index (κ3) is 5.50. The molecule has 0 atom stereocenters. The van der Waals surface area contributed by atoms with Crippen molar-refractivity contribution in [3.63, 3.8) is 0 Å². The topological polar surface area (TPSA) is 140 Å². The summed E-state index contributed by atoms with van der Waals surface area (Å²) in [6.45, 7) is 1.87. The van der Waals surface area contributed by atoms with Gasteiger partial charge in [-0.3, -0.25) is 10.1 Å². The lowest BCUT2D eigenvalue weighted by atomic mass is 10.2. The number of urea groups is 1. The van der Waals surface area contributed by atoms with E-state index < -0.39 is 11.9 Å². The number of aliphatic hydroxyl groups is 1. The highest BCUT2D eigenvalue weighted by atomic mass is 16.3. The normalized spacial score (nSPS) is 11.1. The number of nitrogens with zero attached hydrogens (tertiary/aromatic N) is 1. The van der Waals surface area contributed by atoms with Crippen molar-refractivity contribution >= 4 is 11.9 Å². The summed E-state index contributed by atoms with van der Waals surface area (Å²) in [6.07, 6.45) is 0.369. The summed E-state index contributed by atoms with van der Waals surface area (Å²) < 4.78 is 0. The number of nitriles is 1. The maximum absolute atomic E-state index is 11.4. The number of hydrogen-bond acceptors (Lipinski definition) is 6. The Balaban J connectivity index is 4.79. The Morgan fingerprint density at radius 1 is 1.47 bits per heavy atom. The molecule has 3 amide bonds. The predicted octanol–water partition coefficient (Wildman–Crippen LogP) is -1.54. The average Bonchev–Trinajstić information content (AvgIpc) is 2.27. The van der Waals surface area contributed by atoms with Gasteiger partial charge in [-0.1, -0.05) is 6.92 Å². The van der Waals surface area contributed by atoms with Crippen LogP contribution in [-0.4, -0.2) is 30.2 Å². The summed E-state index contributed by atoms with van der Waals surface area (Å²) in [4.78, 5) is 21.9. The van der Waals surface area contributed by atoms with Crippen molar-refractivity contribution in [2.24, 2.45) is 5.73 Å². The SMILES string of the molecule is CC/C(NNCCO)=C(\C#N)C(=O)NC(N)=O. The number of nitrogens with one attached hydrogen (secondary N) is 3. The van der Waals surface area contributed by atoms with Crippen LogP contribution in [-0.2, 0) is 4.79 Å². The third-order valence-electron chi connectivity index (χ3n) is 1.71. The van der Waals surface area contributed by atoms with Gasteiger partial charge < -0.3 is 16.3 Å². The van der Waals surface area contributed by atoms with Gasteiger partial charge in [0.2, 0.25) is 0 Å². The van der Waals surface area contributed by atoms with Crippen LogP contribution >= 0.6 is 0 Å². The lowest BCUT2D eigenvalue weighted by Gasteiger charge is -2.11. The minimum Gasteiger partial charge on any atom is -0.395 e. The largest absolute Gasteiger partial charge is 0.395 e. The maximum Gasteiger partial charge on any atom is 0.319 e. The van der Waals surface area contributed by atoms with Gasteiger partial charge in [-0.05, 0) is 6.42 Å². The van der Waals surface area contributed by atoms with E-state index in [2.05, 4.69) is 10.9 Å². The molecule has 0 radical (unpaired) electrons. The number of nitrogens with two attached hydrogens (primary N) is 1. The Labute approximate surface area is 98.4 Å². The van der Waals surface area contributed by atoms with E-state index in [0.717, 1.165) is 0 Å². The van der Waals surface area contributed by atoms with Gasteiger partial charge in [0.05, 0.1) is 6.61 Å². The summed E-state index contributed by atoms with van der Waals surface area (Å²) in [6, 6.07) is 0.654. The average molecular weight is 241 g/mol. The smallest absolute Gasteiger partial charge is 0.319 e. The van der Waals surface area contributed by atoms with Crippen LogP contribution in [0.5, 0.6) is 0 Å². The van der Waals surface area contributed by atoms with Crippen molar-refractivity contribution in [3.8, 4) is 6.07 Å². The fourth-order valence-corrected chi connectivity index (χ4v) is 0.982. The van der Waals surface area contributed by atoms with Gasteiger partial charge in [-0.15, -0.1) is 0 Å². The number of imide groups is 1. The molecule has 8 heteroatoms. The summed E-state index contributed by atoms with van der Waals surface area (Å²) in [5, 5.41) is 19.2. The van der Waals surface area contributed by atoms with Gasteiger partial charge in [-0.2, -0.15) is 5.26 Å². The van der Waals surface area contributed by atoms with Crippen LogP contribution in [0.4, 0.5) is 4.79 Å². The van der Waals surface area contributed by atoms with Gasteiger partial charge in [0, 0.05) is 12.2 Å². The van der Waals surface area contributed by atoms with Crippen molar-refractivity contribution in [2.45, 2.75) is 13.3 Å². The molecule has 17 heavy (non-hydrogen) atoms. The van der Waals surface area contributed by atoms with Crippen LogP contribution in [0.1, 0.15) is 13.3 Å². The van der Waals surface area contributed by atoms with Crippen molar-refractivity contribution in [1.82, 2.24) is 16.2 Å². The molecule has 0 aliphatic carbocycles. The molecule has 0 heterocycles. The second-order valence-corrected chi connectivity index (χ2v) is 2.91. The number of rotatable bonds is 6. The van der Waals surface area contributed by atoms with E-state index in [1.807, 2.05) is 0 Å². The van der Waals surface area contributed by atoms with E-state index in [1.54, 1.807) is 18.3 Å². The fourth-order valence-electron chi connectivity index (χ4n) is 0.982. The fraction of sp³-hybridized carbons (Fsp3) is 0.444. The standard InChI is InChI=1S/C9H15N5O3/c1-2-7(14-12-3-4-15)6(5-10)8(16)13-9(11)17/h12,14-15H,2-4H2,1H3,(H3,11,13,16,17)/b7-6-. The lowest BCUT2D eigenvalue weighted by molar-refractivity contribution is -0.116. The molecule has 0 rings (SSSR count). The first kappa shape index (κ1) is 14.9. The Morgan fingerprint density at radius 3 is 2.53 bits per heavy atom. The molecule has 0 spiro atoms. The number of hydrogen-bond donors (Lipinski definition) is 5. The number of carbonyl (C=O) groups excluding carboxylic acids is 2. The minimum atomic E-state index is -1.03. The van der Waals surface area contributed by atoms with E-state index in [4.69, 9.17) is 16.1 Å².